The van der Waals surface area contributed by atoms with Crippen molar-refractivity contribution in [1.82, 2.24) is 0 Å². The number of benzene rings is 2. The van der Waals surface area contributed by atoms with Crippen LogP contribution in [0.1, 0.15) is 25.5 Å². The van der Waals surface area contributed by atoms with E-state index in [1.165, 1.54) is 5.69 Å². The second-order valence-electron chi connectivity index (χ2n) is 4.57. The molecule has 0 bridgehead atoms. The normalized spacial score (nSPS) is 12.2. The van der Waals surface area contributed by atoms with E-state index in [4.69, 9.17) is 5.73 Å². The first kappa shape index (κ1) is 14.1. The summed E-state index contributed by atoms with van der Waals surface area (Å²) < 4.78 is 1.07. The van der Waals surface area contributed by atoms with Gasteiger partial charge in [0.15, 0.2) is 0 Å². The monoisotopic (exact) mass is 318 g/mol. The summed E-state index contributed by atoms with van der Waals surface area (Å²) in [6.45, 7) is 5.07. The first-order valence-corrected chi connectivity index (χ1v) is 7.30. The molecule has 19 heavy (non-hydrogen) atoms. The van der Waals surface area contributed by atoms with E-state index in [-0.39, 0.29) is 6.04 Å². The van der Waals surface area contributed by atoms with Gasteiger partial charge in [0.2, 0.25) is 0 Å². The molecule has 2 aromatic rings. The van der Waals surface area contributed by atoms with Crippen LogP contribution in [0.25, 0.3) is 0 Å². The fourth-order valence-corrected chi connectivity index (χ4v) is 2.58. The van der Waals surface area contributed by atoms with Crippen molar-refractivity contribution in [2.24, 2.45) is 5.73 Å². The summed E-state index contributed by atoms with van der Waals surface area (Å²) in [5, 5.41) is 0. The van der Waals surface area contributed by atoms with Gasteiger partial charge in [0.25, 0.3) is 0 Å². The molecule has 1 atom stereocenters. The number of hydrogen-bond acceptors (Lipinski definition) is 2. The van der Waals surface area contributed by atoms with Crippen molar-refractivity contribution in [3.8, 4) is 0 Å². The van der Waals surface area contributed by atoms with Gasteiger partial charge in [-0.1, -0.05) is 40.2 Å². The van der Waals surface area contributed by atoms with E-state index < -0.39 is 0 Å². The number of nitrogens with zero attached hydrogens (tertiary/aromatic N) is 1. The van der Waals surface area contributed by atoms with Gasteiger partial charge in [-0.05, 0) is 43.7 Å². The quantitative estimate of drug-likeness (QED) is 0.890. The van der Waals surface area contributed by atoms with Crippen molar-refractivity contribution in [2.45, 2.75) is 19.9 Å². The molecular weight excluding hydrogens is 300 g/mol. The molecule has 0 amide bonds. The Kier molecular flexibility index (Phi) is 4.61. The molecule has 2 N–H and O–H groups in total. The van der Waals surface area contributed by atoms with Crippen molar-refractivity contribution >= 4 is 27.3 Å². The molecule has 0 fully saturated rings. The fourth-order valence-electron chi connectivity index (χ4n) is 2.24. The molecule has 2 aromatic carbocycles. The van der Waals surface area contributed by atoms with Gasteiger partial charge in [0.1, 0.15) is 0 Å². The molecule has 0 heterocycles. The van der Waals surface area contributed by atoms with Gasteiger partial charge in [0, 0.05) is 28.4 Å². The van der Waals surface area contributed by atoms with E-state index in [1.54, 1.807) is 0 Å². The van der Waals surface area contributed by atoms with Gasteiger partial charge in [-0.25, -0.2) is 0 Å². The third-order valence-corrected chi connectivity index (χ3v) is 3.65. The predicted octanol–water partition coefficient (Wildman–Crippen LogP) is 4.63. The summed E-state index contributed by atoms with van der Waals surface area (Å²) in [6, 6.07) is 16.7. The number of rotatable bonds is 4. The molecule has 0 spiro atoms. The third-order valence-electron chi connectivity index (χ3n) is 3.16. The van der Waals surface area contributed by atoms with Gasteiger partial charge < -0.3 is 10.6 Å². The van der Waals surface area contributed by atoms with Crippen LogP contribution in [0.5, 0.6) is 0 Å². The average Bonchev–Trinajstić information content (AvgIpc) is 2.40. The number of para-hydroxylation sites is 1. The highest BCUT2D eigenvalue weighted by Gasteiger charge is 2.14. The van der Waals surface area contributed by atoms with Crippen LogP contribution in [-0.4, -0.2) is 6.54 Å². The predicted molar refractivity (Wildman–Crippen MR) is 85.9 cm³/mol. The Morgan fingerprint density at radius 1 is 1.16 bits per heavy atom. The van der Waals surface area contributed by atoms with Gasteiger partial charge in [-0.3, -0.25) is 0 Å². The zero-order valence-corrected chi connectivity index (χ0v) is 12.9. The van der Waals surface area contributed by atoms with Crippen molar-refractivity contribution in [3.05, 3.63) is 58.6 Å². The molecule has 1 unspecified atom stereocenters. The van der Waals surface area contributed by atoms with E-state index >= 15 is 0 Å². The molecule has 0 aliphatic heterocycles. The molecule has 2 rings (SSSR count). The Morgan fingerprint density at radius 3 is 2.42 bits per heavy atom. The zero-order valence-electron chi connectivity index (χ0n) is 11.3. The summed E-state index contributed by atoms with van der Waals surface area (Å²) in [6.07, 6.45) is 0. The maximum Gasteiger partial charge on any atom is 0.0470 e. The van der Waals surface area contributed by atoms with Crippen LogP contribution < -0.4 is 10.6 Å². The van der Waals surface area contributed by atoms with Crippen LogP contribution in [0, 0.1) is 0 Å². The minimum absolute atomic E-state index is 0.0147. The SMILES string of the molecule is CCN(c1ccccc1)c1cc(Br)ccc1C(C)N. The highest BCUT2D eigenvalue weighted by atomic mass is 79.9. The Morgan fingerprint density at radius 2 is 1.84 bits per heavy atom. The molecule has 100 valence electrons. The second-order valence-corrected chi connectivity index (χ2v) is 5.49. The lowest BCUT2D eigenvalue weighted by molar-refractivity contribution is 0.810. The largest absolute Gasteiger partial charge is 0.341 e. The summed E-state index contributed by atoms with van der Waals surface area (Å²) in [5.41, 5.74) is 9.60. The van der Waals surface area contributed by atoms with E-state index in [1.807, 2.05) is 19.1 Å². The first-order valence-electron chi connectivity index (χ1n) is 6.51. The molecule has 0 saturated heterocycles. The first-order chi connectivity index (χ1) is 9.13. The number of anilines is 2. The van der Waals surface area contributed by atoms with Gasteiger partial charge in [-0.15, -0.1) is 0 Å². The van der Waals surface area contributed by atoms with E-state index in [2.05, 4.69) is 64.2 Å². The molecular formula is C16H19BrN2. The van der Waals surface area contributed by atoms with E-state index in [0.29, 0.717) is 0 Å². The lowest BCUT2D eigenvalue weighted by Gasteiger charge is -2.27. The second kappa shape index (κ2) is 6.22. The lowest BCUT2D eigenvalue weighted by atomic mass is 10.1. The lowest BCUT2D eigenvalue weighted by Crippen LogP contribution is -2.20. The maximum absolute atomic E-state index is 6.09. The summed E-state index contributed by atoms with van der Waals surface area (Å²) in [7, 11) is 0. The molecule has 3 heteroatoms. The molecule has 0 aliphatic rings. The zero-order chi connectivity index (χ0) is 13.8. The van der Waals surface area contributed by atoms with Crippen LogP contribution in [0.3, 0.4) is 0 Å². The highest BCUT2D eigenvalue weighted by molar-refractivity contribution is 9.10. The Bertz CT molecular complexity index is 538. The van der Waals surface area contributed by atoms with Gasteiger partial charge >= 0.3 is 0 Å². The van der Waals surface area contributed by atoms with Crippen LogP contribution >= 0.6 is 15.9 Å². The smallest absolute Gasteiger partial charge is 0.0470 e. The third kappa shape index (κ3) is 3.17. The Labute approximate surface area is 123 Å². The van der Waals surface area contributed by atoms with Crippen molar-refractivity contribution in [1.29, 1.82) is 0 Å². The summed E-state index contributed by atoms with van der Waals surface area (Å²) >= 11 is 3.55. The minimum atomic E-state index is 0.0147. The molecule has 0 saturated carbocycles. The molecule has 0 radical (unpaired) electrons. The van der Waals surface area contributed by atoms with Gasteiger partial charge in [0.05, 0.1) is 0 Å². The maximum atomic E-state index is 6.09. The number of hydrogen-bond donors (Lipinski definition) is 1. The van der Waals surface area contributed by atoms with Crippen molar-refractivity contribution < 1.29 is 0 Å². The van der Waals surface area contributed by atoms with Crippen molar-refractivity contribution in [2.75, 3.05) is 11.4 Å². The Balaban J connectivity index is 2.52. The summed E-state index contributed by atoms with van der Waals surface area (Å²) in [4.78, 5) is 2.28. The number of halogens is 1. The van der Waals surface area contributed by atoms with E-state index in [0.717, 1.165) is 22.3 Å². The average molecular weight is 319 g/mol. The van der Waals surface area contributed by atoms with Gasteiger partial charge in [-0.2, -0.15) is 0 Å². The van der Waals surface area contributed by atoms with Crippen LogP contribution in [0.4, 0.5) is 11.4 Å². The van der Waals surface area contributed by atoms with Crippen LogP contribution in [0.15, 0.2) is 53.0 Å². The van der Waals surface area contributed by atoms with E-state index in [9.17, 15) is 0 Å². The van der Waals surface area contributed by atoms with Crippen molar-refractivity contribution in [3.63, 3.8) is 0 Å². The van der Waals surface area contributed by atoms with Crippen LogP contribution in [-0.2, 0) is 0 Å². The minimum Gasteiger partial charge on any atom is -0.341 e. The topological polar surface area (TPSA) is 29.3 Å². The van der Waals surface area contributed by atoms with Crippen LogP contribution in [0.2, 0.25) is 0 Å². The molecule has 0 aromatic heterocycles. The standard InChI is InChI=1S/C16H19BrN2/c1-3-19(14-7-5-4-6-8-14)16-11-13(17)9-10-15(16)12(2)18/h4-12H,3,18H2,1-2H3. The summed E-state index contributed by atoms with van der Waals surface area (Å²) in [5.74, 6) is 0. The highest BCUT2D eigenvalue weighted by Crippen LogP contribution is 2.33. The molecule has 2 nitrogen and oxygen atoms in total. The Hall–Kier alpha value is -1.32. The number of nitrogens with two attached hydrogens (primary N) is 1. The molecule has 0 aliphatic carbocycles. The fraction of sp³-hybridized carbons (Fsp3) is 0.250.